The van der Waals surface area contributed by atoms with Gasteiger partial charge in [-0.05, 0) is 94.9 Å². The molecule has 37 heavy (non-hydrogen) atoms. The van der Waals surface area contributed by atoms with E-state index in [4.69, 9.17) is 4.99 Å². The number of aliphatic imine (C=N–C) groups is 1. The van der Waals surface area contributed by atoms with E-state index in [0.717, 1.165) is 48.3 Å². The van der Waals surface area contributed by atoms with Crippen LogP contribution in [0.15, 0.2) is 35.5 Å². The molecule has 4 rings (SSSR count). The van der Waals surface area contributed by atoms with Gasteiger partial charge in [-0.15, -0.1) is 0 Å². The number of amides is 1. The second-order valence-electron chi connectivity index (χ2n) is 11.5. The third-order valence-electron chi connectivity index (χ3n) is 8.50. The van der Waals surface area contributed by atoms with Crippen LogP contribution in [0.4, 0.5) is 10.1 Å². The van der Waals surface area contributed by atoms with E-state index >= 15 is 0 Å². The summed E-state index contributed by atoms with van der Waals surface area (Å²) in [6.07, 6.45) is 5.19. The summed E-state index contributed by atoms with van der Waals surface area (Å²) >= 11 is 0. The van der Waals surface area contributed by atoms with Crippen molar-refractivity contribution in [3.63, 3.8) is 0 Å². The Labute approximate surface area is 221 Å². The lowest BCUT2D eigenvalue weighted by molar-refractivity contribution is -0.114. The van der Waals surface area contributed by atoms with Gasteiger partial charge in [0.1, 0.15) is 17.0 Å². The summed E-state index contributed by atoms with van der Waals surface area (Å²) < 4.78 is 42.3. The lowest BCUT2D eigenvalue weighted by Gasteiger charge is -2.37. The summed E-state index contributed by atoms with van der Waals surface area (Å²) in [6.45, 7) is 11.8. The first-order chi connectivity index (χ1) is 17.3. The SMILES string of the molecule is C=C1NC(C2CCC(C(C)(C)F)CC2)=NC12CCN(S(=O)(=O)CCc1ccc(NC(C)=O)cc1C)CC2. The van der Waals surface area contributed by atoms with E-state index in [1.165, 1.54) is 6.92 Å². The molecule has 2 N–H and O–H groups in total. The maximum Gasteiger partial charge on any atom is 0.221 e. The first-order valence-electron chi connectivity index (χ1n) is 13.4. The number of benzene rings is 1. The van der Waals surface area contributed by atoms with Gasteiger partial charge in [-0.3, -0.25) is 9.79 Å². The first-order valence-corrected chi connectivity index (χ1v) is 15.0. The predicted octanol–water partition coefficient (Wildman–Crippen LogP) is 4.73. The molecule has 9 heteroatoms. The average Bonchev–Trinajstić information content (AvgIpc) is 3.13. The van der Waals surface area contributed by atoms with E-state index in [1.807, 2.05) is 19.1 Å². The number of aryl methyl sites for hydroxylation is 2. The first kappa shape index (κ1) is 27.8. The maximum absolute atomic E-state index is 14.4. The molecule has 0 aromatic heterocycles. The van der Waals surface area contributed by atoms with Crippen molar-refractivity contribution >= 4 is 27.5 Å². The number of nitrogens with zero attached hydrogens (tertiary/aromatic N) is 2. The average molecular weight is 533 g/mol. The molecule has 3 aliphatic rings. The van der Waals surface area contributed by atoms with E-state index < -0.39 is 21.2 Å². The van der Waals surface area contributed by atoms with Gasteiger partial charge in [0.15, 0.2) is 0 Å². The van der Waals surface area contributed by atoms with E-state index in [2.05, 4.69) is 17.2 Å². The van der Waals surface area contributed by atoms with Gasteiger partial charge in [-0.25, -0.2) is 17.1 Å². The molecule has 1 aliphatic carbocycles. The highest BCUT2D eigenvalue weighted by molar-refractivity contribution is 7.89. The number of alkyl halides is 1. The van der Waals surface area contributed by atoms with Crippen LogP contribution in [0.25, 0.3) is 0 Å². The van der Waals surface area contributed by atoms with Crippen LogP contribution >= 0.6 is 0 Å². The van der Waals surface area contributed by atoms with Crippen molar-refractivity contribution in [2.24, 2.45) is 16.8 Å². The quantitative estimate of drug-likeness (QED) is 0.531. The number of amidine groups is 1. The van der Waals surface area contributed by atoms with Gasteiger partial charge in [0.25, 0.3) is 0 Å². The van der Waals surface area contributed by atoms with Crippen LogP contribution in [-0.4, -0.2) is 54.5 Å². The summed E-state index contributed by atoms with van der Waals surface area (Å²) in [5, 5.41) is 6.18. The van der Waals surface area contributed by atoms with Gasteiger partial charge in [0, 0.05) is 37.3 Å². The molecule has 0 radical (unpaired) electrons. The van der Waals surface area contributed by atoms with Crippen LogP contribution in [0.2, 0.25) is 0 Å². The molecule has 1 spiro atoms. The monoisotopic (exact) mass is 532 g/mol. The number of sulfonamides is 1. The smallest absolute Gasteiger partial charge is 0.221 e. The number of hydrogen-bond donors (Lipinski definition) is 2. The molecular formula is C28H41FN4O3S. The van der Waals surface area contributed by atoms with E-state index in [0.29, 0.717) is 38.0 Å². The summed E-state index contributed by atoms with van der Waals surface area (Å²) in [6, 6.07) is 5.56. The number of carbonyl (C=O) groups is 1. The van der Waals surface area contributed by atoms with Crippen molar-refractivity contribution in [2.75, 3.05) is 24.2 Å². The summed E-state index contributed by atoms with van der Waals surface area (Å²) in [7, 11) is -3.42. The minimum atomic E-state index is -3.42. The molecule has 2 aliphatic heterocycles. The highest BCUT2D eigenvalue weighted by Gasteiger charge is 2.45. The summed E-state index contributed by atoms with van der Waals surface area (Å²) in [5.41, 5.74) is 1.89. The molecule has 1 saturated heterocycles. The van der Waals surface area contributed by atoms with Crippen LogP contribution in [-0.2, 0) is 21.2 Å². The molecule has 2 heterocycles. The molecule has 204 valence electrons. The fourth-order valence-electron chi connectivity index (χ4n) is 6.02. The van der Waals surface area contributed by atoms with Gasteiger partial charge in [-0.1, -0.05) is 12.6 Å². The molecule has 1 saturated carbocycles. The number of anilines is 1. The molecule has 0 atom stereocenters. The van der Waals surface area contributed by atoms with E-state index in [9.17, 15) is 17.6 Å². The van der Waals surface area contributed by atoms with E-state index in [-0.39, 0.29) is 23.5 Å². The maximum atomic E-state index is 14.4. The van der Waals surface area contributed by atoms with Crippen LogP contribution in [0, 0.1) is 18.8 Å². The van der Waals surface area contributed by atoms with Gasteiger partial charge < -0.3 is 10.6 Å². The molecule has 0 bridgehead atoms. The van der Waals surface area contributed by atoms with Crippen molar-refractivity contribution in [3.05, 3.63) is 41.6 Å². The molecule has 1 aromatic rings. The number of rotatable bonds is 7. The van der Waals surface area contributed by atoms with Gasteiger partial charge >= 0.3 is 0 Å². The third kappa shape index (κ3) is 6.25. The number of hydrogen-bond acceptors (Lipinski definition) is 5. The molecule has 1 amide bonds. The zero-order chi connectivity index (χ0) is 27.0. The lowest BCUT2D eigenvalue weighted by Crippen LogP contribution is -2.47. The van der Waals surface area contributed by atoms with Crippen molar-refractivity contribution < 1.29 is 17.6 Å². The normalized spacial score (nSPS) is 24.6. The van der Waals surface area contributed by atoms with Crippen LogP contribution in [0.1, 0.15) is 70.4 Å². The Balaban J connectivity index is 1.34. The highest BCUT2D eigenvalue weighted by Crippen LogP contribution is 2.41. The fourth-order valence-corrected chi connectivity index (χ4v) is 7.49. The number of halogens is 1. The van der Waals surface area contributed by atoms with Crippen molar-refractivity contribution in [1.82, 2.24) is 9.62 Å². The number of carbonyl (C=O) groups excluding carboxylic acids is 1. The van der Waals surface area contributed by atoms with Crippen LogP contribution in [0.3, 0.4) is 0 Å². The standard InChI is InChI=1S/C28H41FN4O3S/c1-19-18-25(31-21(3)34)11-8-22(19)12-17-37(35,36)33-15-13-28(14-16-33)20(2)30-26(32-28)23-6-9-24(10-7-23)27(4,5)29/h8,11,18,23-24H,2,6-7,9-10,12-17H2,1,3-5H3,(H,30,32)(H,31,34). The topological polar surface area (TPSA) is 90.9 Å². The Bertz CT molecular complexity index is 1170. The Morgan fingerprint density at radius 1 is 1.24 bits per heavy atom. The van der Waals surface area contributed by atoms with Crippen molar-refractivity contribution in [1.29, 1.82) is 0 Å². The van der Waals surface area contributed by atoms with Crippen molar-refractivity contribution in [3.8, 4) is 0 Å². The van der Waals surface area contributed by atoms with Gasteiger partial charge in [0.2, 0.25) is 15.9 Å². The minimum Gasteiger partial charge on any atom is -0.346 e. The van der Waals surface area contributed by atoms with Gasteiger partial charge in [0.05, 0.1) is 5.75 Å². The largest absolute Gasteiger partial charge is 0.346 e. The summed E-state index contributed by atoms with van der Waals surface area (Å²) in [4.78, 5) is 16.4. The van der Waals surface area contributed by atoms with Crippen molar-refractivity contribution in [2.45, 2.75) is 83.8 Å². The Kier molecular flexibility index (Phi) is 7.87. The number of piperidine rings is 1. The zero-order valence-electron chi connectivity index (χ0n) is 22.6. The van der Waals surface area contributed by atoms with E-state index in [1.54, 1.807) is 24.2 Å². The van der Waals surface area contributed by atoms with Crippen LogP contribution in [0.5, 0.6) is 0 Å². The molecule has 0 unspecified atom stereocenters. The molecule has 2 fully saturated rings. The minimum absolute atomic E-state index is 0.0438. The number of nitrogens with one attached hydrogen (secondary N) is 2. The third-order valence-corrected chi connectivity index (χ3v) is 10.4. The second-order valence-corrected chi connectivity index (χ2v) is 13.6. The fraction of sp³-hybridized carbons (Fsp3) is 0.643. The second kappa shape index (κ2) is 10.5. The highest BCUT2D eigenvalue weighted by atomic mass is 32.2. The lowest BCUT2D eigenvalue weighted by atomic mass is 9.75. The predicted molar refractivity (Wildman–Crippen MR) is 147 cm³/mol. The van der Waals surface area contributed by atoms with Crippen LogP contribution < -0.4 is 10.6 Å². The molecule has 7 nitrogen and oxygen atoms in total. The Morgan fingerprint density at radius 3 is 2.46 bits per heavy atom. The molecular weight excluding hydrogens is 491 g/mol. The summed E-state index contributed by atoms with van der Waals surface area (Å²) in [5.74, 6) is 1.24. The molecule has 1 aromatic carbocycles. The Morgan fingerprint density at radius 2 is 1.89 bits per heavy atom. The Hall–Kier alpha value is -2.26. The van der Waals surface area contributed by atoms with Gasteiger partial charge in [-0.2, -0.15) is 0 Å². The zero-order valence-corrected chi connectivity index (χ0v) is 23.4.